The van der Waals surface area contributed by atoms with Crippen LogP contribution in [0.2, 0.25) is 0 Å². The number of nitrogens with two attached hydrogens (primary N) is 1. The van der Waals surface area contributed by atoms with Crippen molar-refractivity contribution < 1.29 is 0 Å². The Morgan fingerprint density at radius 1 is 1.14 bits per heavy atom. The van der Waals surface area contributed by atoms with Crippen LogP contribution in [0.25, 0.3) is 0 Å². The molecule has 0 fully saturated rings. The molecule has 0 radical (unpaired) electrons. The van der Waals surface area contributed by atoms with E-state index in [1.54, 1.807) is 0 Å². The molecule has 0 heterocycles. The molecular formula is C3H10I3N. The first kappa shape index (κ1) is 16.1. The van der Waals surface area contributed by atoms with Gasteiger partial charge in [-0.25, -0.2) is 0 Å². The Morgan fingerprint density at radius 2 is 1.14 bits per heavy atom. The largest absolute Gasteiger partial charge is 0.322 e. The molecule has 0 aliphatic carbocycles. The summed E-state index contributed by atoms with van der Waals surface area (Å²) in [7, 11) is 0. The third-order valence-corrected chi connectivity index (χ3v) is 0. The molecule has 0 saturated carbocycles. The van der Waals surface area contributed by atoms with Crippen molar-refractivity contribution in [1.82, 2.24) is 0 Å². The van der Waals surface area contributed by atoms with Crippen LogP contribution >= 0.6 is 67.8 Å². The number of halogens is 3. The van der Waals surface area contributed by atoms with Gasteiger partial charge in [0, 0.05) is 4.55 Å². The molecule has 0 spiro atoms. The maximum absolute atomic E-state index is 4.83. The molecule has 4 heteroatoms. The first-order chi connectivity index (χ1) is 3.41. The van der Waals surface area contributed by atoms with Gasteiger partial charge < -0.3 is 5.73 Å². The van der Waals surface area contributed by atoms with E-state index in [2.05, 4.69) is 67.8 Å². The van der Waals surface area contributed by atoms with Gasteiger partial charge in [0.2, 0.25) is 0 Å². The first-order valence-electron chi connectivity index (χ1n) is 1.43. The van der Waals surface area contributed by atoms with Gasteiger partial charge in [-0.05, 0) is 9.86 Å². The van der Waals surface area contributed by atoms with Gasteiger partial charge in [-0.1, -0.05) is 67.8 Å². The summed E-state index contributed by atoms with van der Waals surface area (Å²) in [5, 5.41) is 0. The highest BCUT2D eigenvalue weighted by Crippen LogP contribution is 1.59. The summed E-state index contributed by atoms with van der Waals surface area (Å²) in [5.41, 5.74) is 4.83. The summed E-state index contributed by atoms with van der Waals surface area (Å²) in [6.07, 6.45) is 0. The topological polar surface area (TPSA) is 26.0 Å². The van der Waals surface area contributed by atoms with E-state index in [0.717, 1.165) is 4.55 Å². The van der Waals surface area contributed by atoms with Crippen molar-refractivity contribution in [3.63, 3.8) is 0 Å². The summed E-state index contributed by atoms with van der Waals surface area (Å²) >= 11 is 6.37. The number of hydrogen-bond donors (Lipinski definition) is 1. The Labute approximate surface area is 86.6 Å². The standard InChI is InChI=1S/CH4IN.2CH3I/c2-1-3;2*1-2/h1,3H2;2*1H3. The van der Waals surface area contributed by atoms with E-state index in [1.807, 2.05) is 9.86 Å². The average molecular weight is 441 g/mol. The molecule has 0 unspecified atom stereocenters. The third-order valence-electron chi connectivity index (χ3n) is 0. The smallest absolute Gasteiger partial charge is 0.0454 e. The van der Waals surface area contributed by atoms with Crippen molar-refractivity contribution in [3.05, 3.63) is 0 Å². The van der Waals surface area contributed by atoms with Crippen LogP contribution < -0.4 is 5.73 Å². The Morgan fingerprint density at radius 3 is 1.14 bits per heavy atom. The predicted molar refractivity (Wildman–Crippen MR) is 63.0 cm³/mol. The van der Waals surface area contributed by atoms with Crippen LogP contribution in [0, 0.1) is 0 Å². The SMILES string of the molecule is CI.CI.NCI. The maximum Gasteiger partial charge on any atom is 0.0454 e. The van der Waals surface area contributed by atoms with Crippen LogP contribution in [-0.2, 0) is 0 Å². The van der Waals surface area contributed by atoms with Crippen molar-refractivity contribution in [3.8, 4) is 0 Å². The zero-order chi connectivity index (χ0) is 6.71. The van der Waals surface area contributed by atoms with E-state index in [-0.39, 0.29) is 0 Å². The van der Waals surface area contributed by atoms with Crippen molar-refractivity contribution in [2.45, 2.75) is 0 Å². The van der Waals surface area contributed by atoms with Crippen molar-refractivity contribution in [2.24, 2.45) is 5.73 Å². The van der Waals surface area contributed by atoms with E-state index >= 15 is 0 Å². The Kier molecular flexibility index (Phi) is 96.4. The molecule has 1 nitrogen and oxygen atoms in total. The molecule has 0 aromatic heterocycles. The molecule has 0 aliphatic heterocycles. The summed E-state index contributed by atoms with van der Waals surface area (Å²) in [5.74, 6) is 0. The lowest BCUT2D eigenvalue weighted by Gasteiger charge is -1.50. The van der Waals surface area contributed by atoms with E-state index in [1.165, 1.54) is 0 Å². The van der Waals surface area contributed by atoms with E-state index in [0.29, 0.717) is 0 Å². The van der Waals surface area contributed by atoms with E-state index in [9.17, 15) is 0 Å². The van der Waals surface area contributed by atoms with Crippen molar-refractivity contribution >= 4 is 67.8 Å². The Bertz CT molecular complexity index is 10.1. The quantitative estimate of drug-likeness (QED) is 0.349. The van der Waals surface area contributed by atoms with Gasteiger partial charge in [-0.2, -0.15) is 0 Å². The minimum Gasteiger partial charge on any atom is -0.322 e. The number of hydrogen-bond acceptors (Lipinski definition) is 1. The predicted octanol–water partition coefficient (Wildman–Crippen LogP) is 2.44. The Balaban J connectivity index is -0.0000000360. The highest BCUT2D eigenvalue weighted by atomic mass is 127. The fourth-order valence-corrected chi connectivity index (χ4v) is 0. The van der Waals surface area contributed by atoms with Crippen LogP contribution in [0.1, 0.15) is 0 Å². The summed E-state index contributed by atoms with van der Waals surface area (Å²) in [4.78, 5) is 3.94. The van der Waals surface area contributed by atoms with Crippen LogP contribution in [0.3, 0.4) is 0 Å². The zero-order valence-corrected chi connectivity index (χ0v) is 10.9. The fourth-order valence-electron chi connectivity index (χ4n) is 0. The maximum atomic E-state index is 4.83. The summed E-state index contributed by atoms with van der Waals surface area (Å²) in [6, 6.07) is 0. The minimum atomic E-state index is 0.720. The van der Waals surface area contributed by atoms with Gasteiger partial charge in [0.1, 0.15) is 0 Å². The van der Waals surface area contributed by atoms with Crippen LogP contribution in [-0.4, -0.2) is 14.4 Å². The monoisotopic (exact) mass is 441 g/mol. The lowest BCUT2D eigenvalue weighted by molar-refractivity contribution is 1.45. The van der Waals surface area contributed by atoms with E-state index in [4.69, 9.17) is 5.73 Å². The molecule has 0 aromatic rings. The molecule has 0 saturated heterocycles. The first-order valence-corrected chi connectivity index (χ1v) is 7.27. The van der Waals surface area contributed by atoms with Gasteiger partial charge in [-0.15, -0.1) is 0 Å². The third kappa shape index (κ3) is 66.7. The molecule has 7 heavy (non-hydrogen) atoms. The fraction of sp³-hybridized carbons (Fsp3) is 1.00. The van der Waals surface area contributed by atoms with Crippen LogP contribution in [0.4, 0.5) is 0 Å². The zero-order valence-electron chi connectivity index (χ0n) is 4.42. The Hall–Kier alpha value is 2.15. The van der Waals surface area contributed by atoms with E-state index < -0.39 is 0 Å². The van der Waals surface area contributed by atoms with Crippen molar-refractivity contribution in [2.75, 3.05) is 14.4 Å². The van der Waals surface area contributed by atoms with Gasteiger partial charge in [-0.3, -0.25) is 0 Å². The highest BCUT2D eigenvalue weighted by molar-refractivity contribution is 14.1. The van der Waals surface area contributed by atoms with Gasteiger partial charge in [0.05, 0.1) is 0 Å². The highest BCUT2D eigenvalue weighted by Gasteiger charge is 1.35. The summed E-state index contributed by atoms with van der Waals surface area (Å²) in [6.45, 7) is 0. The lowest BCUT2D eigenvalue weighted by Crippen LogP contribution is -1.82. The number of alkyl halides is 3. The summed E-state index contributed by atoms with van der Waals surface area (Å²) < 4.78 is 0.720. The molecule has 0 atom stereocenters. The molecule has 0 aliphatic rings. The van der Waals surface area contributed by atoms with Crippen LogP contribution in [0.5, 0.6) is 0 Å². The van der Waals surface area contributed by atoms with Gasteiger partial charge in [0.15, 0.2) is 0 Å². The number of rotatable bonds is 0. The van der Waals surface area contributed by atoms with Crippen LogP contribution in [0.15, 0.2) is 0 Å². The average Bonchev–Trinajstić information content (AvgIpc) is 1.78. The molecule has 0 bridgehead atoms. The second-order valence-electron chi connectivity index (χ2n) is 0.154. The lowest BCUT2D eigenvalue weighted by atomic mass is 11.6. The van der Waals surface area contributed by atoms with Crippen molar-refractivity contribution in [1.29, 1.82) is 0 Å². The molecule has 0 aromatic carbocycles. The molecular weight excluding hydrogens is 431 g/mol. The molecule has 0 amide bonds. The molecule has 2 N–H and O–H groups in total. The second-order valence-corrected chi connectivity index (χ2v) is 1.04. The molecule has 0 rings (SSSR count). The van der Waals surface area contributed by atoms with Gasteiger partial charge >= 0.3 is 0 Å². The van der Waals surface area contributed by atoms with Gasteiger partial charge in [0.25, 0.3) is 0 Å². The second kappa shape index (κ2) is 42.0. The molecule has 48 valence electrons. The minimum absolute atomic E-state index is 0.720. The normalized spacial score (nSPS) is 4.29.